The molecule has 1 aromatic carbocycles. The van der Waals surface area contributed by atoms with Crippen LogP contribution in [0.1, 0.15) is 25.3 Å². The summed E-state index contributed by atoms with van der Waals surface area (Å²) in [4.78, 5) is 12.1. The molecule has 1 aliphatic rings. The average Bonchev–Trinajstić information content (AvgIpc) is 2.90. The van der Waals surface area contributed by atoms with E-state index in [1.165, 1.54) is 12.1 Å². The lowest BCUT2D eigenvalue weighted by Gasteiger charge is -2.16. The van der Waals surface area contributed by atoms with E-state index in [2.05, 4.69) is 15.9 Å². The van der Waals surface area contributed by atoms with Crippen LogP contribution in [0.5, 0.6) is 0 Å². The number of carbonyl (C=O) groups is 1. The van der Waals surface area contributed by atoms with Crippen LogP contribution in [0.2, 0.25) is 0 Å². The van der Waals surface area contributed by atoms with E-state index in [-0.39, 0.29) is 11.5 Å². The minimum Gasteiger partial charge on any atom is -0.368 e. The Bertz CT molecular complexity index is 665. The Morgan fingerprint density at radius 3 is 2.91 bits per heavy atom. The molecule has 0 saturated carbocycles. The number of rotatable bonds is 5. The van der Waals surface area contributed by atoms with Crippen LogP contribution < -0.4 is 4.72 Å². The van der Waals surface area contributed by atoms with Gasteiger partial charge in [-0.25, -0.2) is 12.8 Å². The van der Waals surface area contributed by atoms with Crippen molar-refractivity contribution in [1.29, 1.82) is 0 Å². The third-order valence-corrected chi connectivity index (χ3v) is 5.58. The number of ether oxygens (including phenoxy) is 1. The van der Waals surface area contributed by atoms with Crippen molar-refractivity contribution >= 4 is 31.9 Å². The quantitative estimate of drug-likeness (QED) is 0.832. The largest absolute Gasteiger partial charge is 0.368 e. The smallest absolute Gasteiger partial charge is 0.262 e. The molecule has 1 fully saturated rings. The van der Waals surface area contributed by atoms with Gasteiger partial charge in [0.25, 0.3) is 5.91 Å². The Morgan fingerprint density at radius 2 is 2.23 bits per heavy atom. The van der Waals surface area contributed by atoms with Gasteiger partial charge in [0, 0.05) is 11.1 Å². The van der Waals surface area contributed by atoms with Crippen LogP contribution in [0.25, 0.3) is 0 Å². The molecule has 1 saturated heterocycles. The minimum absolute atomic E-state index is 0.0242. The second kappa shape index (κ2) is 7.06. The number of sulfonamides is 1. The maximum atomic E-state index is 13.2. The minimum atomic E-state index is -3.92. The van der Waals surface area contributed by atoms with Crippen molar-refractivity contribution in [3.05, 3.63) is 34.1 Å². The number of nitrogens with one attached hydrogen (secondary N) is 1. The summed E-state index contributed by atoms with van der Waals surface area (Å²) in [6.45, 7) is 2.38. The molecule has 2 rings (SSSR count). The van der Waals surface area contributed by atoms with Gasteiger partial charge >= 0.3 is 0 Å². The second-order valence-electron chi connectivity index (χ2n) is 5.21. The molecule has 0 spiro atoms. The zero-order chi connectivity index (χ0) is 16.3. The maximum absolute atomic E-state index is 13.2. The molecule has 0 aromatic heterocycles. The molecule has 1 N–H and O–H groups in total. The Balaban J connectivity index is 2.08. The van der Waals surface area contributed by atoms with Crippen molar-refractivity contribution in [2.75, 3.05) is 6.61 Å². The molecule has 8 heteroatoms. The summed E-state index contributed by atoms with van der Waals surface area (Å²) >= 11 is 3.17. The SMILES string of the molecule is CC[C@@H]1CCO[C@@H]1C(=O)NS(=O)(=O)Cc1cc(F)ccc1Br. The Kier molecular flexibility index (Phi) is 5.57. The molecule has 1 amide bonds. The summed E-state index contributed by atoms with van der Waals surface area (Å²) in [7, 11) is -3.92. The maximum Gasteiger partial charge on any atom is 0.262 e. The lowest BCUT2D eigenvalue weighted by molar-refractivity contribution is -0.129. The van der Waals surface area contributed by atoms with Crippen LogP contribution in [-0.2, 0) is 25.3 Å². The molecule has 22 heavy (non-hydrogen) atoms. The van der Waals surface area contributed by atoms with Crippen molar-refractivity contribution in [2.24, 2.45) is 5.92 Å². The van der Waals surface area contributed by atoms with Crippen LogP contribution >= 0.6 is 15.9 Å². The van der Waals surface area contributed by atoms with Crippen LogP contribution in [0.15, 0.2) is 22.7 Å². The van der Waals surface area contributed by atoms with E-state index < -0.39 is 33.6 Å². The number of halogens is 2. The summed E-state index contributed by atoms with van der Waals surface area (Å²) in [6.07, 6.45) is 0.744. The van der Waals surface area contributed by atoms with Gasteiger partial charge in [-0.05, 0) is 36.1 Å². The molecule has 1 heterocycles. The van der Waals surface area contributed by atoms with Gasteiger partial charge < -0.3 is 4.74 Å². The second-order valence-corrected chi connectivity index (χ2v) is 7.79. The van der Waals surface area contributed by atoms with Gasteiger partial charge in [-0.3, -0.25) is 9.52 Å². The molecule has 5 nitrogen and oxygen atoms in total. The van der Waals surface area contributed by atoms with E-state index in [1.807, 2.05) is 11.6 Å². The third kappa shape index (κ3) is 4.27. The fraction of sp³-hybridized carbons (Fsp3) is 0.500. The number of amides is 1. The molecule has 0 unspecified atom stereocenters. The fourth-order valence-electron chi connectivity index (χ4n) is 2.45. The molecular weight excluding hydrogens is 377 g/mol. The van der Waals surface area contributed by atoms with Gasteiger partial charge in [0.1, 0.15) is 11.9 Å². The van der Waals surface area contributed by atoms with Gasteiger partial charge in [0.15, 0.2) is 0 Å². The van der Waals surface area contributed by atoms with Crippen LogP contribution in [0, 0.1) is 11.7 Å². The standard InChI is InChI=1S/C14H17BrFNO4S/c1-2-9-5-6-21-13(9)14(18)17-22(19,20)8-10-7-11(16)3-4-12(10)15/h3-4,7,9,13H,2,5-6,8H2,1H3,(H,17,18)/t9-,13+/m1/s1. The molecule has 1 aromatic rings. The Hall–Kier alpha value is -0.990. The topological polar surface area (TPSA) is 72.5 Å². The average molecular weight is 394 g/mol. The highest BCUT2D eigenvalue weighted by molar-refractivity contribution is 9.10. The van der Waals surface area contributed by atoms with Gasteiger partial charge in [0.2, 0.25) is 10.0 Å². The van der Waals surface area contributed by atoms with Gasteiger partial charge in [-0.2, -0.15) is 0 Å². The highest BCUT2D eigenvalue weighted by Crippen LogP contribution is 2.24. The van der Waals surface area contributed by atoms with Crippen molar-refractivity contribution in [2.45, 2.75) is 31.6 Å². The summed E-state index contributed by atoms with van der Waals surface area (Å²) in [6, 6.07) is 3.76. The molecule has 1 aliphatic heterocycles. The molecule has 0 aliphatic carbocycles. The summed E-state index contributed by atoms with van der Waals surface area (Å²) in [5.41, 5.74) is 0.250. The van der Waals surface area contributed by atoms with Crippen LogP contribution in [0.4, 0.5) is 4.39 Å². The van der Waals surface area contributed by atoms with Crippen molar-refractivity contribution in [1.82, 2.24) is 4.72 Å². The van der Waals surface area contributed by atoms with E-state index in [0.29, 0.717) is 11.1 Å². The molecule has 122 valence electrons. The summed E-state index contributed by atoms with van der Waals surface area (Å²) in [5, 5.41) is 0. The predicted molar refractivity (Wildman–Crippen MR) is 83.0 cm³/mol. The van der Waals surface area contributed by atoms with E-state index >= 15 is 0 Å². The van der Waals surface area contributed by atoms with E-state index in [4.69, 9.17) is 4.74 Å². The van der Waals surface area contributed by atoms with Crippen molar-refractivity contribution in [3.63, 3.8) is 0 Å². The molecular formula is C14H17BrFNO4S. The number of carbonyl (C=O) groups excluding carboxylic acids is 1. The van der Waals surface area contributed by atoms with Crippen molar-refractivity contribution in [3.8, 4) is 0 Å². The highest BCUT2D eigenvalue weighted by atomic mass is 79.9. The Morgan fingerprint density at radius 1 is 1.50 bits per heavy atom. The van der Waals surface area contributed by atoms with Gasteiger partial charge in [-0.15, -0.1) is 0 Å². The number of hydrogen-bond donors (Lipinski definition) is 1. The third-order valence-electron chi connectivity index (χ3n) is 3.61. The number of hydrogen-bond acceptors (Lipinski definition) is 4. The zero-order valence-corrected chi connectivity index (χ0v) is 14.4. The first-order valence-electron chi connectivity index (χ1n) is 6.92. The lowest BCUT2D eigenvalue weighted by atomic mass is 9.98. The summed E-state index contributed by atoms with van der Waals surface area (Å²) < 4.78 is 45.2. The van der Waals surface area contributed by atoms with Gasteiger partial charge in [-0.1, -0.05) is 29.3 Å². The number of benzene rings is 1. The first-order valence-corrected chi connectivity index (χ1v) is 9.37. The zero-order valence-electron chi connectivity index (χ0n) is 12.0. The molecule has 0 bridgehead atoms. The highest BCUT2D eigenvalue weighted by Gasteiger charge is 2.34. The van der Waals surface area contributed by atoms with E-state index in [1.54, 1.807) is 0 Å². The predicted octanol–water partition coefficient (Wildman–Crippen LogP) is 2.35. The van der Waals surface area contributed by atoms with Crippen molar-refractivity contribution < 1.29 is 22.3 Å². The first-order chi connectivity index (χ1) is 10.3. The monoisotopic (exact) mass is 393 g/mol. The van der Waals surface area contributed by atoms with Gasteiger partial charge in [0.05, 0.1) is 5.75 Å². The van der Waals surface area contributed by atoms with Crippen LogP contribution in [-0.4, -0.2) is 27.0 Å². The molecule has 0 radical (unpaired) electrons. The van der Waals surface area contributed by atoms with Crippen LogP contribution in [0.3, 0.4) is 0 Å². The van der Waals surface area contributed by atoms with E-state index in [0.717, 1.165) is 18.9 Å². The molecule has 2 atom stereocenters. The fourth-order valence-corrected chi connectivity index (χ4v) is 4.16. The Labute approximate surface area is 137 Å². The van der Waals surface area contributed by atoms with E-state index in [9.17, 15) is 17.6 Å². The first kappa shape index (κ1) is 17.4. The normalized spacial score (nSPS) is 21.8. The lowest BCUT2D eigenvalue weighted by Crippen LogP contribution is -2.41. The summed E-state index contributed by atoms with van der Waals surface area (Å²) in [5.74, 6) is -1.65.